The summed E-state index contributed by atoms with van der Waals surface area (Å²) >= 11 is 3.53. The molecule has 2 N–H and O–H groups in total. The molecular formula is C16H17IN2O2S. The number of thiophene rings is 1. The number of hydrogen-bond acceptors (Lipinski definition) is 3. The average Bonchev–Trinajstić information content (AvgIpc) is 3.00. The zero-order chi connectivity index (χ0) is 16.1. The minimum atomic E-state index is -0.578. The first-order valence-electron chi connectivity index (χ1n) is 6.89. The fraction of sp³-hybridized carbons (Fsp3) is 0.250. The molecule has 116 valence electrons. The van der Waals surface area contributed by atoms with Crippen molar-refractivity contribution in [3.05, 3.63) is 50.2 Å². The Morgan fingerprint density at radius 2 is 1.86 bits per heavy atom. The molecule has 0 aliphatic heterocycles. The van der Waals surface area contributed by atoms with Gasteiger partial charge in [0.1, 0.15) is 6.04 Å². The standard InChI is InChI=1S/C16H17IN2O2S/c1-10(2)14(19-15(20)13-8-5-9-22-13)16(21)18-12-7-4-3-6-11(12)17/h3-10,14H,1-2H3,(H,18,21)(H,19,20). The molecule has 22 heavy (non-hydrogen) atoms. The lowest BCUT2D eigenvalue weighted by Crippen LogP contribution is -2.47. The van der Waals surface area contributed by atoms with E-state index in [1.807, 2.05) is 49.6 Å². The van der Waals surface area contributed by atoms with Crippen LogP contribution >= 0.6 is 33.9 Å². The number of nitrogens with one attached hydrogen (secondary N) is 2. The van der Waals surface area contributed by atoms with Crippen molar-refractivity contribution >= 4 is 51.4 Å². The summed E-state index contributed by atoms with van der Waals surface area (Å²) in [5.41, 5.74) is 0.754. The summed E-state index contributed by atoms with van der Waals surface area (Å²) in [6, 6.07) is 10.5. The predicted octanol–water partition coefficient (Wildman–Crippen LogP) is 3.75. The normalized spacial score (nSPS) is 12.0. The first-order chi connectivity index (χ1) is 10.5. The van der Waals surface area contributed by atoms with Crippen LogP contribution in [0, 0.1) is 9.49 Å². The highest BCUT2D eigenvalue weighted by Gasteiger charge is 2.25. The van der Waals surface area contributed by atoms with Crippen LogP contribution in [-0.2, 0) is 4.79 Å². The molecule has 0 aliphatic rings. The molecule has 1 aromatic heterocycles. The van der Waals surface area contributed by atoms with Gasteiger partial charge in [0, 0.05) is 3.57 Å². The Morgan fingerprint density at radius 1 is 1.14 bits per heavy atom. The maximum atomic E-state index is 12.5. The number of anilines is 1. The second kappa shape index (κ2) is 7.73. The van der Waals surface area contributed by atoms with Gasteiger partial charge in [-0.05, 0) is 52.1 Å². The number of hydrogen-bond donors (Lipinski definition) is 2. The van der Waals surface area contributed by atoms with Crippen molar-refractivity contribution in [2.24, 2.45) is 5.92 Å². The molecule has 0 aliphatic carbocycles. The molecule has 2 aromatic rings. The number of amides is 2. The van der Waals surface area contributed by atoms with Crippen molar-refractivity contribution in [3.8, 4) is 0 Å². The molecule has 0 saturated carbocycles. The van der Waals surface area contributed by atoms with Crippen LogP contribution in [0.5, 0.6) is 0 Å². The van der Waals surface area contributed by atoms with Crippen LogP contribution in [0.3, 0.4) is 0 Å². The van der Waals surface area contributed by atoms with Crippen LogP contribution in [-0.4, -0.2) is 17.9 Å². The molecule has 6 heteroatoms. The molecule has 0 bridgehead atoms. The topological polar surface area (TPSA) is 58.2 Å². The van der Waals surface area contributed by atoms with Crippen LogP contribution in [0.2, 0.25) is 0 Å². The number of rotatable bonds is 5. The maximum Gasteiger partial charge on any atom is 0.262 e. The van der Waals surface area contributed by atoms with Gasteiger partial charge >= 0.3 is 0 Å². The molecular weight excluding hydrogens is 411 g/mol. The highest BCUT2D eigenvalue weighted by atomic mass is 127. The zero-order valence-corrected chi connectivity index (χ0v) is 15.3. The largest absolute Gasteiger partial charge is 0.339 e. The Morgan fingerprint density at radius 3 is 2.45 bits per heavy atom. The Hall–Kier alpha value is -1.41. The minimum absolute atomic E-state index is 0.00899. The molecule has 2 rings (SSSR count). The van der Waals surface area contributed by atoms with Crippen molar-refractivity contribution < 1.29 is 9.59 Å². The minimum Gasteiger partial charge on any atom is -0.339 e. The SMILES string of the molecule is CC(C)C(NC(=O)c1cccs1)C(=O)Nc1ccccc1I. The number of carbonyl (C=O) groups is 2. The summed E-state index contributed by atoms with van der Waals surface area (Å²) < 4.78 is 0.959. The van der Waals surface area contributed by atoms with E-state index in [1.165, 1.54) is 11.3 Å². The molecule has 0 fully saturated rings. The summed E-state index contributed by atoms with van der Waals surface area (Å²) in [6.45, 7) is 3.82. The second-order valence-corrected chi connectivity index (χ2v) is 7.25. The molecule has 1 heterocycles. The van der Waals surface area contributed by atoms with Gasteiger partial charge in [-0.1, -0.05) is 32.0 Å². The van der Waals surface area contributed by atoms with Gasteiger partial charge in [0.2, 0.25) is 5.91 Å². The van der Waals surface area contributed by atoms with E-state index in [-0.39, 0.29) is 17.7 Å². The monoisotopic (exact) mass is 428 g/mol. The second-order valence-electron chi connectivity index (χ2n) is 5.14. The van der Waals surface area contributed by atoms with E-state index < -0.39 is 6.04 Å². The van der Waals surface area contributed by atoms with Gasteiger partial charge in [-0.15, -0.1) is 11.3 Å². The van der Waals surface area contributed by atoms with Crippen molar-refractivity contribution in [1.29, 1.82) is 0 Å². The number of para-hydroxylation sites is 1. The molecule has 4 nitrogen and oxygen atoms in total. The van der Waals surface area contributed by atoms with Crippen LogP contribution < -0.4 is 10.6 Å². The Bertz CT molecular complexity index is 656. The third-order valence-corrected chi connectivity index (χ3v) is 4.92. The van der Waals surface area contributed by atoms with Gasteiger partial charge in [0.15, 0.2) is 0 Å². The Balaban J connectivity index is 2.09. The van der Waals surface area contributed by atoms with Crippen LogP contribution in [0.15, 0.2) is 41.8 Å². The molecule has 1 atom stereocenters. The third kappa shape index (κ3) is 4.30. The Labute approximate surface area is 147 Å². The van der Waals surface area contributed by atoms with Crippen molar-refractivity contribution in [2.45, 2.75) is 19.9 Å². The summed E-state index contributed by atoms with van der Waals surface area (Å²) in [5, 5.41) is 7.54. The average molecular weight is 428 g/mol. The molecule has 0 radical (unpaired) electrons. The van der Waals surface area contributed by atoms with Crippen LogP contribution in [0.1, 0.15) is 23.5 Å². The van der Waals surface area contributed by atoms with Gasteiger partial charge < -0.3 is 10.6 Å². The van der Waals surface area contributed by atoms with E-state index in [2.05, 4.69) is 33.2 Å². The van der Waals surface area contributed by atoms with E-state index in [4.69, 9.17) is 0 Å². The molecule has 1 aromatic carbocycles. The zero-order valence-electron chi connectivity index (χ0n) is 12.3. The fourth-order valence-corrected chi connectivity index (χ4v) is 3.08. The van der Waals surface area contributed by atoms with Crippen molar-refractivity contribution in [3.63, 3.8) is 0 Å². The lowest BCUT2D eigenvalue weighted by molar-refractivity contribution is -0.118. The maximum absolute atomic E-state index is 12.5. The molecule has 0 saturated heterocycles. The quantitative estimate of drug-likeness (QED) is 0.713. The van der Waals surface area contributed by atoms with E-state index in [1.54, 1.807) is 6.07 Å². The summed E-state index contributed by atoms with van der Waals surface area (Å²) in [6.07, 6.45) is 0. The van der Waals surface area contributed by atoms with E-state index in [0.717, 1.165) is 9.26 Å². The van der Waals surface area contributed by atoms with E-state index in [0.29, 0.717) is 4.88 Å². The van der Waals surface area contributed by atoms with Gasteiger partial charge in [0.05, 0.1) is 10.6 Å². The van der Waals surface area contributed by atoms with Gasteiger partial charge in [-0.2, -0.15) is 0 Å². The van der Waals surface area contributed by atoms with Crippen LogP contribution in [0.4, 0.5) is 5.69 Å². The van der Waals surface area contributed by atoms with Gasteiger partial charge in [-0.3, -0.25) is 9.59 Å². The van der Waals surface area contributed by atoms with Crippen molar-refractivity contribution in [2.75, 3.05) is 5.32 Å². The third-order valence-electron chi connectivity index (χ3n) is 3.11. The first kappa shape index (κ1) is 17.0. The van der Waals surface area contributed by atoms with E-state index >= 15 is 0 Å². The van der Waals surface area contributed by atoms with E-state index in [9.17, 15) is 9.59 Å². The summed E-state index contributed by atoms with van der Waals surface area (Å²) in [5.74, 6) is -0.430. The number of halogens is 1. The Kier molecular flexibility index (Phi) is 5.96. The predicted molar refractivity (Wildman–Crippen MR) is 98.2 cm³/mol. The highest BCUT2D eigenvalue weighted by molar-refractivity contribution is 14.1. The summed E-state index contributed by atoms with van der Waals surface area (Å²) in [7, 11) is 0. The lowest BCUT2D eigenvalue weighted by atomic mass is 10.0. The van der Waals surface area contributed by atoms with Gasteiger partial charge in [0.25, 0.3) is 5.91 Å². The number of benzene rings is 1. The number of carbonyl (C=O) groups excluding carboxylic acids is 2. The molecule has 1 unspecified atom stereocenters. The fourth-order valence-electron chi connectivity index (χ4n) is 1.93. The van der Waals surface area contributed by atoms with Crippen LogP contribution in [0.25, 0.3) is 0 Å². The van der Waals surface area contributed by atoms with Gasteiger partial charge in [-0.25, -0.2) is 0 Å². The summed E-state index contributed by atoms with van der Waals surface area (Å²) in [4.78, 5) is 25.3. The molecule has 0 spiro atoms. The lowest BCUT2D eigenvalue weighted by Gasteiger charge is -2.21. The molecule has 2 amide bonds. The smallest absolute Gasteiger partial charge is 0.262 e. The highest BCUT2D eigenvalue weighted by Crippen LogP contribution is 2.18. The van der Waals surface area contributed by atoms with Crippen molar-refractivity contribution in [1.82, 2.24) is 5.32 Å². The first-order valence-corrected chi connectivity index (χ1v) is 8.84.